The average Bonchev–Trinajstić information content (AvgIpc) is 2.67. The number of halogens is 3. The number of carbonyl (C=O) groups is 2. The maximum absolute atomic E-state index is 13.1. The maximum atomic E-state index is 13.1. The summed E-state index contributed by atoms with van der Waals surface area (Å²) in [4.78, 5) is 24.0. The molecule has 0 aliphatic carbocycles. The summed E-state index contributed by atoms with van der Waals surface area (Å²) in [6, 6.07) is 16.2. The third-order valence-electron chi connectivity index (χ3n) is 3.47. The van der Waals surface area contributed by atoms with Gasteiger partial charge < -0.3 is 18.7 Å². The standard InChI is InChI=1S/C19H19F3NO5PS/c1-2-26-17(24)13-23(18(25)19(20,21)22)14-29(30,27-15-9-5-3-6-10-15)28-16-11-7-4-8-12-16/h3-12H,2,13-14H2,1H3. The molecule has 2 rings (SSSR count). The first kappa shape index (κ1) is 23.7. The Hall–Kier alpha value is -2.58. The second-order valence-electron chi connectivity index (χ2n) is 5.87. The molecule has 0 radical (unpaired) electrons. The van der Waals surface area contributed by atoms with E-state index in [1.54, 1.807) is 60.7 Å². The molecule has 0 aliphatic rings. The van der Waals surface area contributed by atoms with E-state index < -0.39 is 37.4 Å². The lowest BCUT2D eigenvalue weighted by Gasteiger charge is -2.30. The highest BCUT2D eigenvalue weighted by atomic mass is 32.5. The van der Waals surface area contributed by atoms with Crippen molar-refractivity contribution in [2.75, 3.05) is 19.4 Å². The van der Waals surface area contributed by atoms with E-state index in [1.165, 1.54) is 6.92 Å². The minimum absolute atomic E-state index is 0.0535. The molecule has 0 bridgehead atoms. The van der Waals surface area contributed by atoms with Gasteiger partial charge in [0.1, 0.15) is 24.3 Å². The normalized spacial score (nSPS) is 11.5. The van der Waals surface area contributed by atoms with Crippen LogP contribution in [0.4, 0.5) is 13.2 Å². The first-order valence-corrected chi connectivity index (χ1v) is 11.6. The number of alkyl halides is 3. The number of esters is 1. The molecule has 0 unspecified atom stereocenters. The van der Waals surface area contributed by atoms with Gasteiger partial charge in [-0.2, -0.15) is 13.2 Å². The molecular weight excluding hydrogens is 442 g/mol. The van der Waals surface area contributed by atoms with Crippen LogP contribution in [0.1, 0.15) is 6.92 Å². The molecular formula is C19H19F3NO5PS. The lowest BCUT2D eigenvalue weighted by Crippen LogP contribution is -2.45. The fraction of sp³-hybridized carbons (Fsp3) is 0.263. The van der Waals surface area contributed by atoms with Gasteiger partial charge in [0.05, 0.1) is 6.61 Å². The molecule has 162 valence electrons. The predicted molar refractivity (Wildman–Crippen MR) is 108 cm³/mol. The zero-order chi connectivity index (χ0) is 22.2. The van der Waals surface area contributed by atoms with Crippen molar-refractivity contribution in [2.24, 2.45) is 0 Å². The van der Waals surface area contributed by atoms with Crippen molar-refractivity contribution in [3.05, 3.63) is 60.7 Å². The zero-order valence-electron chi connectivity index (χ0n) is 15.9. The van der Waals surface area contributed by atoms with Crippen molar-refractivity contribution >= 4 is 30.2 Å². The molecule has 2 aromatic carbocycles. The van der Waals surface area contributed by atoms with E-state index >= 15 is 0 Å². The minimum Gasteiger partial charge on any atom is -0.465 e. The summed E-state index contributed by atoms with van der Waals surface area (Å²) < 4.78 is 55.5. The van der Waals surface area contributed by atoms with Crippen LogP contribution in [0, 0.1) is 0 Å². The molecule has 11 heteroatoms. The van der Waals surface area contributed by atoms with E-state index in [0.29, 0.717) is 0 Å². The summed E-state index contributed by atoms with van der Waals surface area (Å²) in [7, 11) is 0. The number of nitrogens with zero attached hydrogens (tertiary/aromatic N) is 1. The van der Waals surface area contributed by atoms with Crippen LogP contribution in [-0.2, 0) is 26.1 Å². The number of hydrogen-bond acceptors (Lipinski definition) is 6. The Morgan fingerprint density at radius 2 is 1.43 bits per heavy atom. The second kappa shape index (κ2) is 10.4. The van der Waals surface area contributed by atoms with Gasteiger partial charge >= 0.3 is 24.5 Å². The predicted octanol–water partition coefficient (Wildman–Crippen LogP) is 4.37. The third kappa shape index (κ3) is 7.35. The Labute approximate surface area is 176 Å². The molecule has 0 N–H and O–H groups in total. The van der Waals surface area contributed by atoms with Gasteiger partial charge in [-0.1, -0.05) is 36.4 Å². The minimum atomic E-state index is -5.22. The maximum Gasteiger partial charge on any atom is 0.471 e. The van der Waals surface area contributed by atoms with Gasteiger partial charge in [-0.05, 0) is 43.0 Å². The van der Waals surface area contributed by atoms with Crippen molar-refractivity contribution in [1.29, 1.82) is 0 Å². The lowest BCUT2D eigenvalue weighted by atomic mass is 10.3. The first-order valence-electron chi connectivity index (χ1n) is 8.73. The summed E-state index contributed by atoms with van der Waals surface area (Å²) in [6.45, 7) is -3.09. The van der Waals surface area contributed by atoms with Crippen LogP contribution in [-0.4, -0.2) is 42.4 Å². The van der Waals surface area contributed by atoms with Crippen molar-refractivity contribution in [3.8, 4) is 11.5 Å². The van der Waals surface area contributed by atoms with Gasteiger partial charge in [0.25, 0.3) is 0 Å². The smallest absolute Gasteiger partial charge is 0.465 e. The molecule has 0 atom stereocenters. The molecule has 0 fully saturated rings. The summed E-state index contributed by atoms with van der Waals surface area (Å²) in [5, 5.41) is 0. The number of amides is 1. The van der Waals surface area contributed by atoms with E-state index in [1.807, 2.05) is 0 Å². The highest BCUT2D eigenvalue weighted by Crippen LogP contribution is 2.49. The SMILES string of the molecule is CCOC(=O)CN(CP(=S)(Oc1ccccc1)Oc1ccccc1)C(=O)C(F)(F)F. The van der Waals surface area contributed by atoms with E-state index in [-0.39, 0.29) is 23.0 Å². The van der Waals surface area contributed by atoms with E-state index in [4.69, 9.17) is 20.9 Å². The van der Waals surface area contributed by atoms with E-state index in [9.17, 15) is 22.8 Å². The summed E-state index contributed by atoms with van der Waals surface area (Å²) in [5.74, 6) is -2.73. The second-order valence-corrected chi connectivity index (χ2v) is 9.41. The largest absolute Gasteiger partial charge is 0.471 e. The van der Waals surface area contributed by atoms with Gasteiger partial charge in [-0.15, -0.1) is 0 Å². The van der Waals surface area contributed by atoms with E-state index in [0.717, 1.165) is 0 Å². The molecule has 6 nitrogen and oxygen atoms in total. The number of carbonyl (C=O) groups excluding carboxylic acids is 2. The molecule has 1 amide bonds. The number of benzene rings is 2. The van der Waals surface area contributed by atoms with Crippen LogP contribution in [0.3, 0.4) is 0 Å². The Balaban J connectivity index is 2.36. The Morgan fingerprint density at radius 3 is 1.83 bits per heavy atom. The van der Waals surface area contributed by atoms with Crippen LogP contribution in [0.2, 0.25) is 0 Å². The van der Waals surface area contributed by atoms with Crippen molar-refractivity contribution in [1.82, 2.24) is 4.90 Å². The average molecular weight is 461 g/mol. The van der Waals surface area contributed by atoms with Crippen LogP contribution >= 0.6 is 6.49 Å². The lowest BCUT2D eigenvalue weighted by molar-refractivity contribution is -0.186. The fourth-order valence-electron chi connectivity index (χ4n) is 2.30. The van der Waals surface area contributed by atoms with Gasteiger partial charge in [0.2, 0.25) is 0 Å². The van der Waals surface area contributed by atoms with Crippen LogP contribution in [0.25, 0.3) is 0 Å². The van der Waals surface area contributed by atoms with Crippen LogP contribution < -0.4 is 9.05 Å². The number of hydrogen-bond donors (Lipinski definition) is 0. The van der Waals surface area contributed by atoms with Gasteiger partial charge in [0, 0.05) is 0 Å². The summed E-state index contributed by atoms with van der Waals surface area (Å²) in [5.41, 5.74) is 0. The topological polar surface area (TPSA) is 65.1 Å². The van der Waals surface area contributed by atoms with Crippen LogP contribution in [0.15, 0.2) is 60.7 Å². The fourth-order valence-corrected chi connectivity index (χ4v) is 4.92. The van der Waals surface area contributed by atoms with Crippen LogP contribution in [0.5, 0.6) is 11.5 Å². The Morgan fingerprint density at radius 1 is 0.967 bits per heavy atom. The van der Waals surface area contributed by atoms with E-state index in [2.05, 4.69) is 4.74 Å². The molecule has 2 aromatic rings. The number of rotatable bonds is 9. The molecule has 0 saturated carbocycles. The third-order valence-corrected chi connectivity index (χ3v) is 5.93. The van der Waals surface area contributed by atoms with Gasteiger partial charge in [0.15, 0.2) is 0 Å². The molecule has 30 heavy (non-hydrogen) atoms. The number of para-hydroxylation sites is 2. The quantitative estimate of drug-likeness (QED) is 0.408. The Kier molecular flexibility index (Phi) is 8.25. The molecule has 0 spiro atoms. The van der Waals surface area contributed by atoms with Crippen molar-refractivity contribution in [2.45, 2.75) is 13.1 Å². The number of ether oxygens (including phenoxy) is 1. The monoisotopic (exact) mass is 461 g/mol. The highest BCUT2D eigenvalue weighted by molar-refractivity contribution is 8.10. The summed E-state index contributed by atoms with van der Waals surface area (Å²) in [6.07, 6.45) is -5.98. The molecule has 0 heterocycles. The van der Waals surface area contributed by atoms with Gasteiger partial charge in [-0.3, -0.25) is 9.59 Å². The summed E-state index contributed by atoms with van der Waals surface area (Å²) >= 11 is 5.46. The van der Waals surface area contributed by atoms with Gasteiger partial charge in [-0.25, -0.2) is 0 Å². The van der Waals surface area contributed by atoms with Crippen molar-refractivity contribution in [3.63, 3.8) is 0 Å². The Bertz CT molecular complexity index is 851. The van der Waals surface area contributed by atoms with Crippen molar-refractivity contribution < 1.29 is 36.5 Å². The molecule has 0 saturated heterocycles. The molecule has 0 aromatic heterocycles. The highest BCUT2D eigenvalue weighted by Gasteiger charge is 2.45. The first-order chi connectivity index (χ1) is 14.1. The molecule has 0 aliphatic heterocycles. The zero-order valence-corrected chi connectivity index (χ0v) is 17.6.